The number of benzene rings is 2. The predicted molar refractivity (Wildman–Crippen MR) is 117 cm³/mol. The van der Waals surface area contributed by atoms with Crippen molar-refractivity contribution in [2.45, 2.75) is 31.6 Å². The van der Waals surface area contributed by atoms with E-state index in [4.69, 9.17) is 0 Å². The van der Waals surface area contributed by atoms with Crippen LogP contribution in [0.15, 0.2) is 53.4 Å². The minimum absolute atomic E-state index is 0.0774. The zero-order valence-electron chi connectivity index (χ0n) is 17.4. The highest BCUT2D eigenvalue weighted by Gasteiger charge is 2.33. The Bertz CT molecular complexity index is 1100. The molecule has 1 heterocycles. The third-order valence-corrected chi connectivity index (χ3v) is 6.98. The summed E-state index contributed by atoms with van der Waals surface area (Å²) >= 11 is 0. The Morgan fingerprint density at radius 1 is 0.968 bits per heavy atom. The van der Waals surface area contributed by atoms with Gasteiger partial charge in [-0.25, -0.2) is 8.42 Å². The largest absolute Gasteiger partial charge is 0.326 e. The van der Waals surface area contributed by atoms with Gasteiger partial charge in [0.1, 0.15) is 0 Å². The van der Waals surface area contributed by atoms with E-state index in [1.165, 1.54) is 42.4 Å². The molecule has 1 fully saturated rings. The highest BCUT2D eigenvalue weighted by molar-refractivity contribution is 7.89. The van der Waals surface area contributed by atoms with E-state index in [2.05, 4.69) is 10.6 Å². The highest BCUT2D eigenvalue weighted by atomic mass is 32.2. The summed E-state index contributed by atoms with van der Waals surface area (Å²) in [6, 6.07) is 12.6. The Labute approximate surface area is 181 Å². The molecule has 0 radical (unpaired) electrons. The molecular weight excluding hydrogens is 418 g/mol. The molecule has 2 amide bonds. The lowest BCUT2D eigenvalue weighted by Crippen LogP contribution is -2.43. The Hall–Kier alpha value is -3.04. The Balaban J connectivity index is 1.70. The van der Waals surface area contributed by atoms with E-state index < -0.39 is 15.9 Å². The van der Waals surface area contributed by atoms with Crippen molar-refractivity contribution in [3.05, 3.63) is 54.1 Å². The number of Topliss-reactive ketones (excluding diaryl/α,β-unsaturated/α-hetero) is 1. The van der Waals surface area contributed by atoms with Crippen LogP contribution in [0.1, 0.15) is 37.0 Å². The number of ketones is 1. The summed E-state index contributed by atoms with van der Waals surface area (Å²) in [5.74, 6) is -1.12. The maximum atomic E-state index is 13.0. The monoisotopic (exact) mass is 443 g/mol. The van der Waals surface area contributed by atoms with Gasteiger partial charge in [0.25, 0.3) is 0 Å². The summed E-state index contributed by atoms with van der Waals surface area (Å²) in [5, 5.41) is 5.39. The summed E-state index contributed by atoms with van der Waals surface area (Å²) in [4.78, 5) is 35.5. The van der Waals surface area contributed by atoms with Crippen LogP contribution >= 0.6 is 0 Å². The fraction of sp³-hybridized carbons (Fsp3) is 0.318. The second kappa shape index (κ2) is 9.40. The molecule has 0 saturated carbocycles. The van der Waals surface area contributed by atoms with Gasteiger partial charge in [0.15, 0.2) is 5.78 Å². The smallest absolute Gasteiger partial charge is 0.243 e. The maximum absolute atomic E-state index is 13.0. The van der Waals surface area contributed by atoms with Crippen molar-refractivity contribution >= 4 is 39.0 Å². The van der Waals surface area contributed by atoms with Crippen LogP contribution in [0.3, 0.4) is 0 Å². The van der Waals surface area contributed by atoms with Crippen molar-refractivity contribution in [2.75, 3.05) is 23.7 Å². The van der Waals surface area contributed by atoms with Crippen molar-refractivity contribution < 1.29 is 22.8 Å². The third kappa shape index (κ3) is 5.56. The molecule has 0 bridgehead atoms. The molecule has 2 N–H and O–H groups in total. The van der Waals surface area contributed by atoms with Gasteiger partial charge >= 0.3 is 0 Å². The van der Waals surface area contributed by atoms with E-state index in [0.717, 1.165) is 0 Å². The van der Waals surface area contributed by atoms with Gasteiger partial charge in [-0.3, -0.25) is 14.4 Å². The lowest BCUT2D eigenvalue weighted by atomic mass is 9.98. The van der Waals surface area contributed by atoms with E-state index in [-0.39, 0.29) is 29.0 Å². The molecule has 2 aromatic rings. The quantitative estimate of drug-likeness (QED) is 0.667. The first kappa shape index (κ1) is 22.6. The molecule has 164 valence electrons. The molecular formula is C22H25N3O5S. The predicted octanol–water partition coefficient (Wildman–Crippen LogP) is 2.89. The van der Waals surface area contributed by atoms with Crippen LogP contribution in [0.2, 0.25) is 0 Å². The molecule has 31 heavy (non-hydrogen) atoms. The number of anilines is 2. The van der Waals surface area contributed by atoms with Crippen molar-refractivity contribution in [1.29, 1.82) is 0 Å². The summed E-state index contributed by atoms with van der Waals surface area (Å²) in [6.07, 6.45) is 1.14. The van der Waals surface area contributed by atoms with Gasteiger partial charge in [0, 0.05) is 37.0 Å². The number of hydrogen-bond acceptors (Lipinski definition) is 5. The molecule has 0 spiro atoms. The molecule has 1 saturated heterocycles. The minimum atomic E-state index is -3.77. The molecule has 9 heteroatoms. The Morgan fingerprint density at radius 3 is 2.32 bits per heavy atom. The maximum Gasteiger partial charge on any atom is 0.243 e. The number of hydrogen-bond donors (Lipinski definition) is 2. The lowest BCUT2D eigenvalue weighted by Gasteiger charge is -2.31. The second-order valence-corrected chi connectivity index (χ2v) is 9.47. The molecule has 8 nitrogen and oxygen atoms in total. The van der Waals surface area contributed by atoms with E-state index in [0.29, 0.717) is 36.3 Å². The topological polar surface area (TPSA) is 113 Å². The zero-order valence-corrected chi connectivity index (χ0v) is 18.2. The first-order valence-electron chi connectivity index (χ1n) is 9.96. The van der Waals surface area contributed by atoms with E-state index in [1.807, 2.05) is 0 Å². The van der Waals surface area contributed by atoms with Crippen LogP contribution in [0.25, 0.3) is 0 Å². The van der Waals surface area contributed by atoms with Gasteiger partial charge in [-0.1, -0.05) is 12.1 Å². The fourth-order valence-corrected chi connectivity index (χ4v) is 5.02. The Kier molecular flexibility index (Phi) is 6.87. The zero-order chi connectivity index (χ0) is 22.6. The molecule has 2 aromatic carbocycles. The summed E-state index contributed by atoms with van der Waals surface area (Å²) < 4.78 is 27.4. The van der Waals surface area contributed by atoms with Crippen molar-refractivity contribution in [1.82, 2.24) is 4.31 Å². The first-order chi connectivity index (χ1) is 14.7. The molecule has 1 atom stereocenters. The summed E-state index contributed by atoms with van der Waals surface area (Å²) in [6.45, 7) is 3.24. The van der Waals surface area contributed by atoms with Gasteiger partial charge in [-0.2, -0.15) is 4.31 Å². The van der Waals surface area contributed by atoms with Gasteiger partial charge in [-0.15, -0.1) is 0 Å². The molecule has 1 aliphatic rings. The van der Waals surface area contributed by atoms with Crippen LogP contribution in [-0.4, -0.2) is 43.4 Å². The van der Waals surface area contributed by atoms with Gasteiger partial charge < -0.3 is 10.6 Å². The number of piperidine rings is 1. The van der Waals surface area contributed by atoms with E-state index >= 15 is 0 Å². The molecule has 0 aliphatic carbocycles. The molecule has 3 rings (SSSR count). The normalized spacial score (nSPS) is 17.0. The highest BCUT2D eigenvalue weighted by Crippen LogP contribution is 2.26. The van der Waals surface area contributed by atoms with Crippen LogP contribution < -0.4 is 10.6 Å². The van der Waals surface area contributed by atoms with Crippen LogP contribution in [-0.2, 0) is 19.6 Å². The Morgan fingerprint density at radius 2 is 1.68 bits per heavy atom. The number of carbonyl (C=O) groups excluding carboxylic acids is 3. The molecule has 1 aliphatic heterocycles. The molecule has 0 unspecified atom stereocenters. The van der Waals surface area contributed by atoms with Crippen LogP contribution in [0.5, 0.6) is 0 Å². The molecule has 0 aromatic heterocycles. The van der Waals surface area contributed by atoms with Crippen LogP contribution in [0.4, 0.5) is 11.4 Å². The van der Waals surface area contributed by atoms with Gasteiger partial charge in [0.2, 0.25) is 21.8 Å². The standard InChI is InChI=1S/C22H25N3O5S/c1-15(26)17-5-3-7-20(13-17)24-22(28)18-6-4-12-25(14-18)31(29,30)21-10-8-19(9-11-21)23-16(2)27/h3,5,7-11,13,18H,4,6,12,14H2,1-2H3,(H,23,27)(H,24,28)/t18-/m1/s1. The number of nitrogens with one attached hydrogen (secondary N) is 2. The number of sulfonamides is 1. The third-order valence-electron chi connectivity index (χ3n) is 5.10. The van der Waals surface area contributed by atoms with Crippen molar-refractivity contribution in [3.8, 4) is 0 Å². The summed E-state index contributed by atoms with van der Waals surface area (Å²) in [5.41, 5.74) is 1.51. The first-order valence-corrected chi connectivity index (χ1v) is 11.4. The summed E-state index contributed by atoms with van der Waals surface area (Å²) in [7, 11) is -3.77. The number of nitrogens with zero attached hydrogens (tertiary/aromatic N) is 1. The van der Waals surface area contributed by atoms with Gasteiger partial charge in [-0.05, 0) is 56.2 Å². The SMILES string of the molecule is CC(=O)Nc1ccc(S(=O)(=O)N2CCC[C@@H](C(=O)Nc3cccc(C(C)=O)c3)C2)cc1. The van der Waals surface area contributed by atoms with E-state index in [9.17, 15) is 22.8 Å². The lowest BCUT2D eigenvalue weighted by molar-refractivity contribution is -0.121. The van der Waals surface area contributed by atoms with E-state index in [1.54, 1.807) is 24.3 Å². The average Bonchev–Trinajstić information content (AvgIpc) is 2.74. The average molecular weight is 444 g/mol. The van der Waals surface area contributed by atoms with Crippen LogP contribution in [0, 0.1) is 5.92 Å². The number of amides is 2. The fourth-order valence-electron chi connectivity index (χ4n) is 3.50. The number of rotatable bonds is 6. The van der Waals surface area contributed by atoms with Crippen molar-refractivity contribution in [2.24, 2.45) is 5.92 Å². The number of carbonyl (C=O) groups is 3. The van der Waals surface area contributed by atoms with Gasteiger partial charge in [0.05, 0.1) is 10.8 Å². The minimum Gasteiger partial charge on any atom is -0.326 e. The van der Waals surface area contributed by atoms with Crippen molar-refractivity contribution in [3.63, 3.8) is 0 Å². The second-order valence-electron chi connectivity index (χ2n) is 7.53.